The van der Waals surface area contributed by atoms with Crippen LogP contribution >= 0.6 is 17.2 Å². The molecule has 0 bridgehead atoms. The van der Waals surface area contributed by atoms with Gasteiger partial charge in [0.05, 0.1) is 0 Å². The molecule has 4 heteroatoms. The van der Waals surface area contributed by atoms with E-state index < -0.39 is 5.96 Å². The Bertz CT molecular complexity index is 1110. The molecule has 0 heterocycles. The molecule has 4 rings (SSSR count). The Labute approximate surface area is 187 Å². The maximum atomic E-state index is 12.1. The zero-order valence-electron chi connectivity index (χ0n) is 17.3. The van der Waals surface area contributed by atoms with Crippen LogP contribution in [0.25, 0.3) is 0 Å². The van der Waals surface area contributed by atoms with Gasteiger partial charge in [0.25, 0.3) is 0 Å². The first-order valence-electron chi connectivity index (χ1n) is 10.2. The molecule has 0 fully saturated rings. The van der Waals surface area contributed by atoms with Gasteiger partial charge in [-0.05, 0) is 0 Å². The molecule has 0 aliphatic rings. The molecule has 0 aliphatic carbocycles. The Morgan fingerprint density at radius 1 is 0.742 bits per heavy atom. The number of Topliss-reactive ketones (excluding diaryl/α,β-unsaturated/α-hetero) is 1. The zero-order chi connectivity index (χ0) is 21.9. The third-order valence-electron chi connectivity index (χ3n) is 5.84. The van der Waals surface area contributed by atoms with Crippen LogP contribution in [0.2, 0.25) is 0 Å². The second kappa shape index (κ2) is 8.30. The van der Waals surface area contributed by atoms with E-state index in [9.17, 15) is 9.90 Å². The van der Waals surface area contributed by atoms with Crippen LogP contribution in [0.15, 0.2) is 109 Å². The molecule has 0 saturated heterocycles. The van der Waals surface area contributed by atoms with E-state index in [2.05, 4.69) is 36.4 Å². The fourth-order valence-corrected chi connectivity index (χ4v) is 10.3. The standard InChI is InChI=1S/C27H24ClO2P/c1-21(29)22-17-18-27(30)23(19-22)20-31(28,24-11-5-2-6-12-24,25-13-7-3-8-14-25)26-15-9-4-10-16-26/h2-19,30H,20H2,1H3. The minimum atomic E-state index is -3.57. The van der Waals surface area contributed by atoms with Gasteiger partial charge in [-0.15, -0.1) is 0 Å². The number of phenolic OH excluding ortho intramolecular Hbond substituents is 1. The van der Waals surface area contributed by atoms with Crippen molar-refractivity contribution in [2.45, 2.75) is 13.1 Å². The number of hydrogen-bond donors (Lipinski definition) is 1. The van der Waals surface area contributed by atoms with Gasteiger partial charge in [-0.1, -0.05) is 0 Å². The fraction of sp³-hybridized carbons (Fsp3) is 0.0741. The average Bonchev–Trinajstić information content (AvgIpc) is 2.82. The van der Waals surface area contributed by atoms with Crippen LogP contribution in [0.4, 0.5) is 0 Å². The summed E-state index contributed by atoms with van der Waals surface area (Å²) in [7, 11) is 0. The fourth-order valence-electron chi connectivity index (χ4n) is 4.19. The Morgan fingerprint density at radius 2 is 1.16 bits per heavy atom. The Kier molecular flexibility index (Phi) is 5.71. The number of halogens is 1. The van der Waals surface area contributed by atoms with E-state index in [1.54, 1.807) is 18.2 Å². The Morgan fingerprint density at radius 3 is 1.55 bits per heavy atom. The molecule has 2 nitrogen and oxygen atoms in total. The van der Waals surface area contributed by atoms with Gasteiger partial charge in [0, 0.05) is 0 Å². The van der Waals surface area contributed by atoms with E-state index in [-0.39, 0.29) is 11.5 Å². The normalized spacial score (nSPS) is 12.6. The second-order valence-corrected chi connectivity index (χ2v) is 14.2. The van der Waals surface area contributed by atoms with E-state index in [0.29, 0.717) is 17.3 Å². The van der Waals surface area contributed by atoms with E-state index in [1.807, 2.05) is 54.6 Å². The Hall–Kier alpha value is -2.93. The predicted molar refractivity (Wildman–Crippen MR) is 133 cm³/mol. The number of carbonyl (C=O) groups is 1. The van der Waals surface area contributed by atoms with Crippen LogP contribution in [0, 0.1) is 0 Å². The molecule has 0 amide bonds. The number of hydrogen-bond acceptors (Lipinski definition) is 2. The van der Waals surface area contributed by atoms with Crippen molar-refractivity contribution in [1.29, 1.82) is 0 Å². The molecule has 156 valence electrons. The van der Waals surface area contributed by atoms with Gasteiger partial charge < -0.3 is 0 Å². The van der Waals surface area contributed by atoms with Gasteiger partial charge in [0.15, 0.2) is 0 Å². The molecule has 31 heavy (non-hydrogen) atoms. The van der Waals surface area contributed by atoms with Crippen molar-refractivity contribution >= 4 is 38.9 Å². The third-order valence-corrected chi connectivity index (χ3v) is 13.0. The van der Waals surface area contributed by atoms with Crippen LogP contribution in [0.5, 0.6) is 5.75 Å². The second-order valence-electron chi connectivity index (χ2n) is 7.75. The number of benzene rings is 4. The Balaban J connectivity index is 2.09. The third kappa shape index (κ3) is 3.67. The SMILES string of the molecule is CC(=O)c1ccc(O)c(CP(Cl)(c2ccccc2)(c2ccccc2)c2ccccc2)c1. The summed E-state index contributed by atoms with van der Waals surface area (Å²) in [5.41, 5.74) is 1.22. The van der Waals surface area contributed by atoms with E-state index in [0.717, 1.165) is 15.9 Å². The van der Waals surface area contributed by atoms with Crippen molar-refractivity contribution in [3.8, 4) is 5.75 Å². The van der Waals surface area contributed by atoms with E-state index >= 15 is 0 Å². The molecule has 1 N–H and O–H groups in total. The summed E-state index contributed by atoms with van der Waals surface area (Å²) in [6.07, 6.45) is 0.387. The topological polar surface area (TPSA) is 37.3 Å². The van der Waals surface area contributed by atoms with Gasteiger partial charge in [0.1, 0.15) is 0 Å². The summed E-state index contributed by atoms with van der Waals surface area (Å²) in [5.74, 6) is -3.48. The first kappa shape index (κ1) is 21.3. The molecular formula is C27H24ClO2P. The quantitative estimate of drug-likeness (QED) is 0.301. The molecule has 0 atom stereocenters. The van der Waals surface area contributed by atoms with Gasteiger partial charge in [0.2, 0.25) is 0 Å². The summed E-state index contributed by atoms with van der Waals surface area (Å²) in [4.78, 5) is 12.1. The number of ketones is 1. The van der Waals surface area contributed by atoms with Crippen molar-refractivity contribution in [2.75, 3.05) is 0 Å². The number of rotatable bonds is 6. The molecule has 0 spiro atoms. The first-order valence-corrected chi connectivity index (χ1v) is 13.5. The minimum absolute atomic E-state index is 0.0460. The summed E-state index contributed by atoms with van der Waals surface area (Å²) >= 11 is 8.05. The molecule has 0 unspecified atom stereocenters. The molecule has 0 saturated carbocycles. The summed E-state index contributed by atoms with van der Waals surface area (Å²) in [6.45, 7) is 1.53. The molecule has 4 aromatic rings. The summed E-state index contributed by atoms with van der Waals surface area (Å²) in [5, 5.41) is 13.8. The molecular weight excluding hydrogens is 423 g/mol. The van der Waals surface area contributed by atoms with Gasteiger partial charge >= 0.3 is 188 Å². The summed E-state index contributed by atoms with van der Waals surface area (Å²) < 4.78 is 0. The van der Waals surface area contributed by atoms with Crippen LogP contribution in [-0.2, 0) is 6.16 Å². The van der Waals surface area contributed by atoms with Crippen molar-refractivity contribution in [3.63, 3.8) is 0 Å². The van der Waals surface area contributed by atoms with Crippen molar-refractivity contribution in [3.05, 3.63) is 120 Å². The number of carbonyl (C=O) groups excluding carboxylic acids is 1. The van der Waals surface area contributed by atoms with Crippen molar-refractivity contribution in [2.24, 2.45) is 0 Å². The monoisotopic (exact) mass is 446 g/mol. The summed E-state index contributed by atoms with van der Waals surface area (Å²) in [6, 6.07) is 35.3. The average molecular weight is 447 g/mol. The van der Waals surface area contributed by atoms with Crippen LogP contribution in [0.3, 0.4) is 0 Å². The van der Waals surface area contributed by atoms with E-state index in [1.165, 1.54) is 6.92 Å². The van der Waals surface area contributed by atoms with Crippen LogP contribution < -0.4 is 15.9 Å². The van der Waals surface area contributed by atoms with E-state index in [4.69, 9.17) is 11.2 Å². The van der Waals surface area contributed by atoms with Crippen molar-refractivity contribution < 1.29 is 9.90 Å². The van der Waals surface area contributed by atoms with Gasteiger partial charge in [-0.3, -0.25) is 0 Å². The number of phenols is 1. The van der Waals surface area contributed by atoms with Gasteiger partial charge in [-0.2, -0.15) is 0 Å². The first-order chi connectivity index (χ1) is 14.9. The molecule has 0 aliphatic heterocycles. The van der Waals surface area contributed by atoms with Gasteiger partial charge in [-0.25, -0.2) is 0 Å². The van der Waals surface area contributed by atoms with Crippen LogP contribution in [-0.4, -0.2) is 10.9 Å². The predicted octanol–water partition coefficient (Wildman–Crippen LogP) is 5.78. The van der Waals surface area contributed by atoms with Crippen LogP contribution in [0.1, 0.15) is 22.8 Å². The molecule has 0 aromatic heterocycles. The van der Waals surface area contributed by atoms with Crippen molar-refractivity contribution in [1.82, 2.24) is 0 Å². The molecule has 4 aromatic carbocycles. The maximum absolute atomic E-state index is 12.1. The molecule has 0 radical (unpaired) electrons. The zero-order valence-corrected chi connectivity index (χ0v) is 18.9. The number of aromatic hydroxyl groups is 1.